The molecule has 0 radical (unpaired) electrons. The van der Waals surface area contributed by atoms with Gasteiger partial charge in [0, 0.05) is 0 Å². The average Bonchev–Trinajstić information content (AvgIpc) is 2.86. The maximum absolute atomic E-state index is 12.7. The molecule has 3 N–H and O–H groups in total. The van der Waals surface area contributed by atoms with Gasteiger partial charge in [0.15, 0.2) is 0 Å². The van der Waals surface area contributed by atoms with Gasteiger partial charge in [0.1, 0.15) is 28.1 Å². The highest BCUT2D eigenvalue weighted by Crippen LogP contribution is 2.17. The van der Waals surface area contributed by atoms with Crippen molar-refractivity contribution in [2.45, 2.75) is 6.61 Å². The minimum atomic E-state index is -0.388. The Morgan fingerprint density at radius 2 is 2.17 bits per heavy atom. The Bertz CT molecular complexity index is 541. The molecular formula is C11H10FN3O2S. The van der Waals surface area contributed by atoms with Crippen LogP contribution in [-0.4, -0.2) is 10.9 Å². The molecule has 7 heteroatoms. The molecule has 0 aliphatic carbocycles. The minimum absolute atomic E-state index is 0.216. The van der Waals surface area contributed by atoms with Crippen LogP contribution in [0.4, 0.5) is 4.39 Å². The molecule has 2 rings (SSSR count). The number of hydrogen-bond acceptors (Lipinski definition) is 5. The summed E-state index contributed by atoms with van der Waals surface area (Å²) in [7, 11) is 0. The number of rotatable bonds is 4. The van der Waals surface area contributed by atoms with Crippen LogP contribution in [0.1, 0.15) is 14.7 Å². The molecule has 0 atom stereocenters. The van der Waals surface area contributed by atoms with Crippen LogP contribution in [0.5, 0.6) is 5.75 Å². The first kappa shape index (κ1) is 12.5. The van der Waals surface area contributed by atoms with Gasteiger partial charge < -0.3 is 4.74 Å². The summed E-state index contributed by atoms with van der Waals surface area (Å²) in [6, 6.07) is 5.67. The summed E-state index contributed by atoms with van der Waals surface area (Å²) in [6.45, 7) is 0.216. The first-order valence-electron chi connectivity index (χ1n) is 5.03. The van der Waals surface area contributed by atoms with E-state index in [1.165, 1.54) is 41.8 Å². The van der Waals surface area contributed by atoms with Crippen molar-refractivity contribution in [2.24, 2.45) is 5.84 Å². The zero-order valence-electron chi connectivity index (χ0n) is 9.22. The molecule has 94 valence electrons. The number of carbonyl (C=O) groups is 1. The number of thiazole rings is 1. The van der Waals surface area contributed by atoms with Gasteiger partial charge in [-0.05, 0) is 24.3 Å². The van der Waals surface area contributed by atoms with E-state index in [2.05, 4.69) is 4.98 Å². The van der Waals surface area contributed by atoms with E-state index in [9.17, 15) is 9.18 Å². The van der Waals surface area contributed by atoms with Crippen LogP contribution in [0, 0.1) is 5.82 Å². The average molecular weight is 267 g/mol. The van der Waals surface area contributed by atoms with Crippen molar-refractivity contribution in [1.82, 2.24) is 10.4 Å². The van der Waals surface area contributed by atoms with Gasteiger partial charge in [-0.15, -0.1) is 11.3 Å². The van der Waals surface area contributed by atoms with Gasteiger partial charge in [0.2, 0.25) is 0 Å². The normalized spacial score (nSPS) is 10.1. The van der Waals surface area contributed by atoms with E-state index in [0.29, 0.717) is 15.6 Å². The standard InChI is InChI=1S/C11H10FN3O2S/c12-7-1-3-8(4-2-7)17-6-10-14-5-9(18-10)11(16)15-13/h1-5H,6,13H2,(H,15,16). The van der Waals surface area contributed by atoms with Gasteiger partial charge in [-0.2, -0.15) is 0 Å². The lowest BCUT2D eigenvalue weighted by Gasteiger charge is -2.02. The van der Waals surface area contributed by atoms with Gasteiger partial charge in [0.25, 0.3) is 5.91 Å². The van der Waals surface area contributed by atoms with Gasteiger partial charge in [-0.1, -0.05) is 0 Å². The lowest BCUT2D eigenvalue weighted by Crippen LogP contribution is -2.29. The number of nitrogens with two attached hydrogens (primary N) is 1. The number of ether oxygens (including phenoxy) is 1. The van der Waals surface area contributed by atoms with Crippen LogP contribution in [0.3, 0.4) is 0 Å². The third-order valence-electron chi connectivity index (χ3n) is 2.08. The number of nitrogens with zero attached hydrogens (tertiary/aromatic N) is 1. The fourth-order valence-electron chi connectivity index (χ4n) is 1.23. The molecule has 0 fully saturated rings. The van der Waals surface area contributed by atoms with E-state index in [-0.39, 0.29) is 18.3 Å². The SMILES string of the molecule is NNC(=O)c1cnc(COc2ccc(F)cc2)s1. The van der Waals surface area contributed by atoms with E-state index in [1.54, 1.807) is 0 Å². The second kappa shape index (κ2) is 5.56. The Labute approximate surface area is 106 Å². The lowest BCUT2D eigenvalue weighted by atomic mass is 10.3. The number of aromatic nitrogens is 1. The third-order valence-corrected chi connectivity index (χ3v) is 3.05. The van der Waals surface area contributed by atoms with Crippen molar-refractivity contribution in [3.63, 3.8) is 0 Å². The third kappa shape index (κ3) is 3.02. The quantitative estimate of drug-likeness (QED) is 0.499. The second-order valence-corrected chi connectivity index (χ2v) is 4.45. The van der Waals surface area contributed by atoms with Gasteiger partial charge in [0.05, 0.1) is 6.20 Å². The summed E-state index contributed by atoms with van der Waals surface area (Å²) in [4.78, 5) is 15.6. The molecule has 0 saturated carbocycles. The molecule has 1 amide bonds. The molecule has 0 spiro atoms. The number of nitrogen functional groups attached to an aromatic ring is 1. The Hall–Kier alpha value is -1.99. The molecule has 18 heavy (non-hydrogen) atoms. The second-order valence-electron chi connectivity index (χ2n) is 3.33. The van der Waals surface area contributed by atoms with E-state index >= 15 is 0 Å². The number of benzene rings is 1. The number of halogens is 1. The molecule has 0 unspecified atom stereocenters. The number of hydrazine groups is 1. The Balaban J connectivity index is 1.96. The molecule has 1 aromatic carbocycles. The molecule has 1 heterocycles. The van der Waals surface area contributed by atoms with E-state index < -0.39 is 0 Å². The summed E-state index contributed by atoms with van der Waals surface area (Å²) in [5, 5.41) is 0.637. The molecular weight excluding hydrogens is 257 g/mol. The zero-order chi connectivity index (χ0) is 13.0. The molecule has 0 bridgehead atoms. The van der Waals surface area contributed by atoms with Crippen LogP contribution in [0.25, 0.3) is 0 Å². The van der Waals surface area contributed by atoms with Gasteiger partial charge in [-0.25, -0.2) is 15.2 Å². The number of carbonyl (C=O) groups excluding carboxylic acids is 1. The van der Waals surface area contributed by atoms with Gasteiger partial charge >= 0.3 is 0 Å². The van der Waals surface area contributed by atoms with Crippen LogP contribution in [0.15, 0.2) is 30.5 Å². The molecule has 1 aromatic heterocycles. The lowest BCUT2D eigenvalue weighted by molar-refractivity contribution is 0.0957. The summed E-state index contributed by atoms with van der Waals surface area (Å²) in [6.07, 6.45) is 1.43. The van der Waals surface area contributed by atoms with Crippen molar-refractivity contribution in [1.29, 1.82) is 0 Å². The van der Waals surface area contributed by atoms with Crippen molar-refractivity contribution in [3.05, 3.63) is 46.2 Å². The molecule has 0 aliphatic rings. The summed E-state index contributed by atoms with van der Waals surface area (Å²) in [5.41, 5.74) is 2.02. The molecule has 0 aliphatic heterocycles. The Morgan fingerprint density at radius 3 is 2.83 bits per heavy atom. The van der Waals surface area contributed by atoms with E-state index in [0.717, 1.165) is 0 Å². The summed E-state index contributed by atoms with van der Waals surface area (Å²) >= 11 is 1.19. The largest absolute Gasteiger partial charge is 0.486 e. The van der Waals surface area contributed by atoms with Crippen molar-refractivity contribution in [2.75, 3.05) is 0 Å². The maximum atomic E-state index is 12.7. The smallest absolute Gasteiger partial charge is 0.276 e. The Kier molecular flexibility index (Phi) is 3.85. The maximum Gasteiger partial charge on any atom is 0.276 e. The molecule has 5 nitrogen and oxygen atoms in total. The summed E-state index contributed by atoms with van der Waals surface area (Å²) < 4.78 is 18.1. The van der Waals surface area contributed by atoms with Crippen LogP contribution < -0.4 is 16.0 Å². The minimum Gasteiger partial charge on any atom is -0.486 e. The fraction of sp³-hybridized carbons (Fsp3) is 0.0909. The van der Waals surface area contributed by atoms with Crippen molar-refractivity contribution >= 4 is 17.2 Å². The van der Waals surface area contributed by atoms with Crippen LogP contribution in [-0.2, 0) is 6.61 Å². The fourth-order valence-corrected chi connectivity index (χ4v) is 1.96. The summed E-state index contributed by atoms with van der Waals surface area (Å²) in [5.74, 6) is 4.83. The predicted molar refractivity (Wildman–Crippen MR) is 64.5 cm³/mol. The highest BCUT2D eigenvalue weighted by molar-refractivity contribution is 7.13. The first-order chi connectivity index (χ1) is 8.69. The van der Waals surface area contributed by atoms with Crippen LogP contribution >= 0.6 is 11.3 Å². The first-order valence-corrected chi connectivity index (χ1v) is 5.84. The van der Waals surface area contributed by atoms with Crippen LogP contribution in [0.2, 0.25) is 0 Å². The van der Waals surface area contributed by atoms with Crippen molar-refractivity contribution < 1.29 is 13.9 Å². The number of amides is 1. The highest BCUT2D eigenvalue weighted by atomic mass is 32.1. The topological polar surface area (TPSA) is 77.2 Å². The monoisotopic (exact) mass is 267 g/mol. The van der Waals surface area contributed by atoms with Gasteiger partial charge in [-0.3, -0.25) is 10.2 Å². The predicted octanol–water partition coefficient (Wildman–Crippen LogP) is 1.46. The van der Waals surface area contributed by atoms with E-state index in [1.807, 2.05) is 5.43 Å². The van der Waals surface area contributed by atoms with E-state index in [4.69, 9.17) is 10.6 Å². The molecule has 2 aromatic rings. The number of hydrogen-bond donors (Lipinski definition) is 2. The number of nitrogens with one attached hydrogen (secondary N) is 1. The Morgan fingerprint density at radius 1 is 1.44 bits per heavy atom. The zero-order valence-corrected chi connectivity index (χ0v) is 10.0. The molecule has 0 saturated heterocycles. The van der Waals surface area contributed by atoms with Crippen molar-refractivity contribution in [3.8, 4) is 5.75 Å². The highest BCUT2D eigenvalue weighted by Gasteiger charge is 2.09.